The average Bonchev–Trinajstić information content (AvgIpc) is 2.46. The van der Waals surface area contributed by atoms with Gasteiger partial charge < -0.3 is 32.3 Å². The zero-order chi connectivity index (χ0) is 18.9. The van der Waals surface area contributed by atoms with Crippen LogP contribution >= 0.6 is 12.6 Å². The second-order valence-corrected chi connectivity index (χ2v) is 5.22. The summed E-state index contributed by atoms with van der Waals surface area (Å²) in [7, 11) is 0. The van der Waals surface area contributed by atoms with Crippen LogP contribution in [0.25, 0.3) is 0 Å². The van der Waals surface area contributed by atoms with Crippen LogP contribution in [0.5, 0.6) is 0 Å². The molecule has 0 aliphatic heterocycles. The van der Waals surface area contributed by atoms with Gasteiger partial charge in [0.05, 0.1) is 12.5 Å². The molecule has 11 nitrogen and oxygen atoms in total. The van der Waals surface area contributed by atoms with E-state index in [0.29, 0.717) is 0 Å². The third-order valence-electron chi connectivity index (χ3n) is 2.83. The van der Waals surface area contributed by atoms with E-state index in [9.17, 15) is 24.0 Å². The Hall–Kier alpha value is -2.34. The van der Waals surface area contributed by atoms with Gasteiger partial charge in [-0.2, -0.15) is 12.6 Å². The van der Waals surface area contributed by atoms with Crippen LogP contribution < -0.4 is 22.1 Å². The molecule has 0 aromatic carbocycles. The van der Waals surface area contributed by atoms with E-state index in [2.05, 4.69) is 23.3 Å². The number of hydrogen-bond donors (Lipinski definition) is 7. The number of carbonyl (C=O) groups is 5. The van der Waals surface area contributed by atoms with E-state index in [1.807, 2.05) is 0 Å². The molecular weight excluding hydrogens is 344 g/mol. The average molecular weight is 364 g/mol. The molecule has 0 spiro atoms. The maximum atomic E-state index is 12.1. The van der Waals surface area contributed by atoms with E-state index in [0.717, 1.165) is 0 Å². The van der Waals surface area contributed by atoms with E-state index in [4.69, 9.17) is 21.7 Å². The smallest absolute Gasteiger partial charge is 0.327 e. The van der Waals surface area contributed by atoms with Crippen LogP contribution in [0.1, 0.15) is 19.3 Å². The largest absolute Gasteiger partial charge is 0.481 e. The number of rotatable bonds is 11. The molecule has 0 saturated heterocycles. The fourth-order valence-corrected chi connectivity index (χ4v) is 1.83. The first kappa shape index (κ1) is 21.7. The topological polar surface area (TPSA) is 202 Å². The van der Waals surface area contributed by atoms with Crippen molar-refractivity contribution in [2.45, 2.75) is 37.4 Å². The van der Waals surface area contributed by atoms with Crippen LogP contribution in [0.2, 0.25) is 0 Å². The Kier molecular flexibility index (Phi) is 9.42. The highest BCUT2D eigenvalue weighted by Gasteiger charge is 2.28. The van der Waals surface area contributed by atoms with Crippen molar-refractivity contribution in [3.05, 3.63) is 0 Å². The van der Waals surface area contributed by atoms with Crippen LogP contribution in [0.3, 0.4) is 0 Å². The first-order chi connectivity index (χ1) is 11.1. The highest BCUT2D eigenvalue weighted by molar-refractivity contribution is 7.80. The van der Waals surface area contributed by atoms with Crippen molar-refractivity contribution in [2.24, 2.45) is 11.5 Å². The first-order valence-electron chi connectivity index (χ1n) is 6.78. The second kappa shape index (κ2) is 10.4. The third kappa shape index (κ3) is 8.33. The van der Waals surface area contributed by atoms with Crippen molar-refractivity contribution in [3.63, 3.8) is 0 Å². The van der Waals surface area contributed by atoms with Crippen molar-refractivity contribution in [1.29, 1.82) is 0 Å². The highest BCUT2D eigenvalue weighted by Crippen LogP contribution is 2.01. The van der Waals surface area contributed by atoms with Crippen LogP contribution in [0, 0.1) is 0 Å². The maximum absolute atomic E-state index is 12.1. The van der Waals surface area contributed by atoms with Crippen LogP contribution in [0.4, 0.5) is 0 Å². The summed E-state index contributed by atoms with van der Waals surface area (Å²) in [6, 6.07) is -3.97. The molecule has 3 amide bonds. The van der Waals surface area contributed by atoms with Crippen LogP contribution in [0.15, 0.2) is 0 Å². The number of carboxylic acids is 2. The monoisotopic (exact) mass is 364 g/mol. The molecule has 0 fully saturated rings. The van der Waals surface area contributed by atoms with Crippen molar-refractivity contribution < 1.29 is 34.2 Å². The number of hydrogen-bond acceptors (Lipinski definition) is 7. The Morgan fingerprint density at radius 3 is 1.96 bits per heavy atom. The lowest BCUT2D eigenvalue weighted by Gasteiger charge is -2.21. The lowest BCUT2D eigenvalue weighted by Crippen LogP contribution is -2.55. The Balaban J connectivity index is 4.98. The molecule has 0 unspecified atom stereocenters. The molecule has 3 atom stereocenters. The van der Waals surface area contributed by atoms with Gasteiger partial charge in [0.1, 0.15) is 12.1 Å². The van der Waals surface area contributed by atoms with Gasteiger partial charge in [0.2, 0.25) is 17.7 Å². The van der Waals surface area contributed by atoms with Crippen molar-refractivity contribution >= 4 is 42.3 Å². The number of thiol groups is 1. The van der Waals surface area contributed by atoms with Gasteiger partial charge >= 0.3 is 11.9 Å². The summed E-state index contributed by atoms with van der Waals surface area (Å²) in [6.45, 7) is 0. The standard InChI is InChI=1S/C12H20N4O7S/c13-5(3-8(14)17)10(20)15-6(1-2-9(18)19)11(21)16-7(4-24)12(22)23/h5-7,24H,1-4,13H2,(H2,14,17)(H,15,20)(H,16,21)(H,18,19)(H,22,23)/t5-,6-,7-/m0/s1. The highest BCUT2D eigenvalue weighted by atomic mass is 32.1. The summed E-state index contributed by atoms with van der Waals surface area (Å²) in [5.74, 6) is -5.39. The fourth-order valence-electron chi connectivity index (χ4n) is 1.58. The second-order valence-electron chi connectivity index (χ2n) is 4.85. The molecule has 0 aromatic heterocycles. The predicted octanol–water partition coefficient (Wildman–Crippen LogP) is -2.96. The Morgan fingerprint density at radius 1 is 1.00 bits per heavy atom. The number of carboxylic acid groups (broad SMARTS) is 2. The van der Waals surface area contributed by atoms with E-state index in [-0.39, 0.29) is 12.2 Å². The minimum absolute atomic E-state index is 0.206. The molecule has 136 valence electrons. The lowest BCUT2D eigenvalue weighted by molar-refractivity contribution is -0.142. The molecule has 0 aliphatic carbocycles. The van der Waals surface area contributed by atoms with E-state index in [1.165, 1.54) is 0 Å². The molecule has 12 heteroatoms. The van der Waals surface area contributed by atoms with E-state index >= 15 is 0 Å². The van der Waals surface area contributed by atoms with Crippen molar-refractivity contribution in [1.82, 2.24) is 10.6 Å². The van der Waals surface area contributed by atoms with Gasteiger partial charge in [-0.3, -0.25) is 19.2 Å². The molecule has 24 heavy (non-hydrogen) atoms. The maximum Gasteiger partial charge on any atom is 0.327 e. The van der Waals surface area contributed by atoms with Gasteiger partial charge in [0.15, 0.2) is 0 Å². The zero-order valence-electron chi connectivity index (χ0n) is 12.6. The third-order valence-corrected chi connectivity index (χ3v) is 3.20. The molecule has 0 aromatic rings. The summed E-state index contributed by atoms with van der Waals surface area (Å²) in [6.07, 6.45) is -1.22. The van der Waals surface area contributed by atoms with Crippen LogP contribution in [-0.4, -0.2) is 63.8 Å². The molecular formula is C12H20N4O7S. The number of primary amides is 1. The summed E-state index contributed by atoms with van der Waals surface area (Å²) in [4.78, 5) is 56.2. The summed E-state index contributed by atoms with van der Waals surface area (Å²) in [5.41, 5.74) is 10.3. The SMILES string of the molecule is NC(=O)C[C@H](N)C(=O)N[C@@H](CCC(=O)O)C(=O)N[C@@H](CS)C(=O)O. The van der Waals surface area contributed by atoms with Gasteiger partial charge in [0.25, 0.3) is 0 Å². The van der Waals surface area contributed by atoms with E-state index in [1.54, 1.807) is 0 Å². The summed E-state index contributed by atoms with van der Waals surface area (Å²) >= 11 is 3.77. The molecule has 0 bridgehead atoms. The number of carbonyl (C=O) groups excluding carboxylic acids is 3. The molecule has 8 N–H and O–H groups in total. The Labute approximate surface area is 142 Å². The minimum atomic E-state index is -1.34. The number of nitrogens with two attached hydrogens (primary N) is 2. The molecule has 0 heterocycles. The predicted molar refractivity (Wildman–Crippen MR) is 84.0 cm³/mol. The summed E-state index contributed by atoms with van der Waals surface area (Å²) < 4.78 is 0. The van der Waals surface area contributed by atoms with Gasteiger partial charge in [-0.25, -0.2) is 4.79 Å². The minimum Gasteiger partial charge on any atom is -0.481 e. The van der Waals surface area contributed by atoms with Gasteiger partial charge in [-0.15, -0.1) is 0 Å². The quantitative estimate of drug-likeness (QED) is 0.188. The number of amides is 3. The Bertz CT molecular complexity index is 514. The lowest BCUT2D eigenvalue weighted by atomic mass is 10.1. The first-order valence-corrected chi connectivity index (χ1v) is 7.41. The van der Waals surface area contributed by atoms with Crippen LogP contribution in [-0.2, 0) is 24.0 Å². The normalized spacial score (nSPS) is 14.1. The van der Waals surface area contributed by atoms with E-state index < -0.39 is 60.6 Å². The molecule has 0 saturated carbocycles. The fraction of sp³-hybridized carbons (Fsp3) is 0.583. The molecule has 0 radical (unpaired) electrons. The number of aliphatic carboxylic acids is 2. The van der Waals surface area contributed by atoms with Gasteiger partial charge in [-0.05, 0) is 6.42 Å². The zero-order valence-corrected chi connectivity index (χ0v) is 13.5. The Morgan fingerprint density at radius 2 is 1.54 bits per heavy atom. The van der Waals surface area contributed by atoms with Gasteiger partial charge in [0, 0.05) is 12.2 Å². The van der Waals surface area contributed by atoms with Crippen molar-refractivity contribution in [2.75, 3.05) is 5.75 Å². The number of nitrogens with one attached hydrogen (secondary N) is 2. The summed E-state index contributed by atoms with van der Waals surface area (Å²) in [5, 5.41) is 21.9. The molecule has 0 rings (SSSR count). The molecule has 0 aliphatic rings. The van der Waals surface area contributed by atoms with Crippen molar-refractivity contribution in [3.8, 4) is 0 Å². The van der Waals surface area contributed by atoms with Gasteiger partial charge in [-0.1, -0.05) is 0 Å².